The first-order valence-electron chi connectivity index (χ1n) is 5.55. The molecule has 0 N–H and O–H groups in total. The Morgan fingerprint density at radius 2 is 2.20 bits per heavy atom. The first-order chi connectivity index (χ1) is 9.51. The summed E-state index contributed by atoms with van der Waals surface area (Å²) >= 11 is 12.9. The van der Waals surface area contributed by atoms with Gasteiger partial charge in [-0.3, -0.25) is 9.59 Å². The summed E-state index contributed by atoms with van der Waals surface area (Å²) in [6.45, 7) is -0.215. The van der Waals surface area contributed by atoms with Crippen LogP contribution in [0, 0.1) is 0 Å². The van der Waals surface area contributed by atoms with Gasteiger partial charge in [0.25, 0.3) is 0 Å². The molecule has 0 bridgehead atoms. The van der Waals surface area contributed by atoms with Crippen molar-refractivity contribution >= 4 is 51.9 Å². The van der Waals surface area contributed by atoms with Crippen molar-refractivity contribution in [1.29, 1.82) is 0 Å². The number of rotatable bonds is 3. The minimum absolute atomic E-state index is 0.215. The smallest absolute Gasteiger partial charge is 0.327 e. The van der Waals surface area contributed by atoms with Crippen LogP contribution >= 0.6 is 35.0 Å². The minimum Gasteiger partial charge on any atom is -0.468 e. The fraction of sp³-hybridized carbons (Fsp3) is 0.250. The molecule has 1 aliphatic heterocycles. The third-order valence-corrected chi connectivity index (χ3v) is 4.16. The highest BCUT2D eigenvalue weighted by molar-refractivity contribution is 8.14. The number of methoxy groups -OCH3 is 1. The average molecular weight is 333 g/mol. The lowest BCUT2D eigenvalue weighted by Gasteiger charge is -2.22. The Morgan fingerprint density at radius 3 is 2.85 bits per heavy atom. The summed E-state index contributed by atoms with van der Waals surface area (Å²) in [4.78, 5) is 22.9. The van der Waals surface area contributed by atoms with Gasteiger partial charge in [0, 0.05) is 11.3 Å². The summed E-state index contributed by atoms with van der Waals surface area (Å²) in [5, 5.41) is 5.81. The van der Waals surface area contributed by atoms with E-state index < -0.39 is 5.97 Å². The van der Waals surface area contributed by atoms with E-state index >= 15 is 0 Å². The molecule has 106 valence electrons. The Morgan fingerprint density at radius 1 is 1.45 bits per heavy atom. The molecule has 2 rings (SSSR count). The lowest BCUT2D eigenvalue weighted by atomic mass is 10.1. The molecule has 0 spiro atoms. The van der Waals surface area contributed by atoms with Crippen molar-refractivity contribution in [2.75, 3.05) is 19.4 Å². The van der Waals surface area contributed by atoms with Gasteiger partial charge in [0.1, 0.15) is 6.54 Å². The predicted octanol–water partition coefficient (Wildman–Crippen LogP) is 3.04. The van der Waals surface area contributed by atoms with E-state index in [-0.39, 0.29) is 11.8 Å². The van der Waals surface area contributed by atoms with Crippen molar-refractivity contribution < 1.29 is 14.3 Å². The third kappa shape index (κ3) is 3.45. The standard InChI is InChI=1S/C12H10Cl2N2O3S/c1-19-11(17)5-16-12(18)20-6-10(15-16)7-2-3-8(13)9(14)4-7/h2-4H,5-6H2,1H3. The third-order valence-electron chi connectivity index (χ3n) is 2.54. The van der Waals surface area contributed by atoms with Gasteiger partial charge in [-0.15, -0.1) is 0 Å². The van der Waals surface area contributed by atoms with E-state index in [2.05, 4.69) is 9.84 Å². The lowest BCUT2D eigenvalue weighted by molar-refractivity contribution is -0.141. The molecule has 1 amide bonds. The normalized spacial score (nSPS) is 15.1. The number of carbonyl (C=O) groups excluding carboxylic acids is 2. The van der Waals surface area contributed by atoms with Crippen molar-refractivity contribution in [3.8, 4) is 0 Å². The second-order valence-corrected chi connectivity index (χ2v) is 5.60. The van der Waals surface area contributed by atoms with Gasteiger partial charge in [0.05, 0.1) is 22.9 Å². The number of esters is 1. The van der Waals surface area contributed by atoms with Gasteiger partial charge in [0.2, 0.25) is 0 Å². The van der Waals surface area contributed by atoms with Gasteiger partial charge in [-0.05, 0) is 12.1 Å². The number of hydrogen-bond donors (Lipinski definition) is 0. The highest BCUT2D eigenvalue weighted by Crippen LogP contribution is 2.25. The Labute approximate surface area is 129 Å². The van der Waals surface area contributed by atoms with Crippen molar-refractivity contribution in [3.05, 3.63) is 33.8 Å². The van der Waals surface area contributed by atoms with E-state index in [1.165, 1.54) is 7.11 Å². The van der Waals surface area contributed by atoms with Crippen LogP contribution < -0.4 is 0 Å². The van der Waals surface area contributed by atoms with Gasteiger partial charge in [0.15, 0.2) is 0 Å². The molecular weight excluding hydrogens is 323 g/mol. The van der Waals surface area contributed by atoms with Gasteiger partial charge in [-0.25, -0.2) is 5.01 Å². The maximum absolute atomic E-state index is 11.7. The quantitative estimate of drug-likeness (QED) is 0.798. The maximum Gasteiger partial charge on any atom is 0.327 e. The van der Waals surface area contributed by atoms with Crippen LogP contribution in [0.3, 0.4) is 0 Å². The highest BCUT2D eigenvalue weighted by Gasteiger charge is 2.24. The summed E-state index contributed by atoms with van der Waals surface area (Å²) in [7, 11) is 1.26. The van der Waals surface area contributed by atoms with Crippen LogP contribution in [0.1, 0.15) is 5.56 Å². The first-order valence-corrected chi connectivity index (χ1v) is 7.29. The van der Waals surface area contributed by atoms with E-state index in [4.69, 9.17) is 23.2 Å². The maximum atomic E-state index is 11.7. The molecule has 0 fully saturated rings. The van der Waals surface area contributed by atoms with Crippen molar-refractivity contribution in [3.63, 3.8) is 0 Å². The van der Waals surface area contributed by atoms with Crippen LogP contribution in [-0.2, 0) is 9.53 Å². The number of ether oxygens (including phenoxy) is 1. The van der Waals surface area contributed by atoms with Gasteiger partial charge in [-0.2, -0.15) is 5.10 Å². The summed E-state index contributed by atoms with van der Waals surface area (Å²) in [6.07, 6.45) is 0. The summed E-state index contributed by atoms with van der Waals surface area (Å²) in [5.74, 6) is -0.118. The largest absolute Gasteiger partial charge is 0.468 e. The summed E-state index contributed by atoms with van der Waals surface area (Å²) in [5.41, 5.74) is 1.41. The van der Waals surface area contributed by atoms with E-state index in [1.54, 1.807) is 18.2 Å². The molecule has 1 aliphatic rings. The number of amides is 1. The van der Waals surface area contributed by atoms with Crippen LogP contribution in [-0.4, -0.2) is 41.3 Å². The van der Waals surface area contributed by atoms with Crippen molar-refractivity contribution in [2.24, 2.45) is 5.10 Å². The van der Waals surface area contributed by atoms with E-state index in [0.29, 0.717) is 21.5 Å². The van der Waals surface area contributed by atoms with Gasteiger partial charge < -0.3 is 4.74 Å². The summed E-state index contributed by atoms with van der Waals surface area (Å²) in [6, 6.07) is 5.10. The fourth-order valence-electron chi connectivity index (χ4n) is 1.52. The SMILES string of the molecule is COC(=O)CN1N=C(c2ccc(Cl)c(Cl)c2)CSC1=O. The first kappa shape index (κ1) is 15.2. The van der Waals surface area contributed by atoms with E-state index in [0.717, 1.165) is 22.3 Å². The predicted molar refractivity (Wildman–Crippen MR) is 79.6 cm³/mol. The van der Waals surface area contributed by atoms with Crippen molar-refractivity contribution in [1.82, 2.24) is 5.01 Å². The molecule has 0 atom stereocenters. The second-order valence-electron chi connectivity index (χ2n) is 3.86. The van der Waals surface area contributed by atoms with E-state index in [1.807, 2.05) is 0 Å². The number of hydrogen-bond acceptors (Lipinski definition) is 5. The summed E-state index contributed by atoms with van der Waals surface area (Å²) < 4.78 is 4.53. The minimum atomic E-state index is -0.530. The number of thioether (sulfide) groups is 1. The lowest BCUT2D eigenvalue weighted by Crippen LogP contribution is -2.34. The fourth-order valence-corrected chi connectivity index (χ4v) is 2.56. The van der Waals surface area contributed by atoms with Crippen molar-refractivity contribution in [2.45, 2.75) is 0 Å². The van der Waals surface area contributed by atoms with Crippen LogP contribution in [0.25, 0.3) is 0 Å². The molecule has 20 heavy (non-hydrogen) atoms. The Balaban J connectivity index is 2.26. The molecular formula is C12H10Cl2N2O3S. The molecule has 1 aromatic rings. The molecule has 1 heterocycles. The number of carbonyl (C=O) groups is 2. The van der Waals surface area contributed by atoms with Crippen LogP contribution in [0.2, 0.25) is 10.0 Å². The number of nitrogens with zero attached hydrogens (tertiary/aromatic N) is 2. The highest BCUT2D eigenvalue weighted by atomic mass is 35.5. The monoisotopic (exact) mass is 332 g/mol. The zero-order valence-electron chi connectivity index (χ0n) is 10.4. The molecule has 0 radical (unpaired) electrons. The number of hydrazone groups is 1. The Kier molecular flexibility index (Phi) is 4.91. The average Bonchev–Trinajstić information content (AvgIpc) is 2.44. The zero-order chi connectivity index (χ0) is 14.7. The molecule has 0 aliphatic carbocycles. The molecule has 0 unspecified atom stereocenters. The van der Waals surface area contributed by atoms with Crippen LogP contribution in [0.5, 0.6) is 0 Å². The molecule has 5 nitrogen and oxygen atoms in total. The Bertz CT molecular complexity index is 592. The number of halogens is 2. The molecule has 0 aromatic heterocycles. The van der Waals surface area contributed by atoms with Gasteiger partial charge >= 0.3 is 11.2 Å². The van der Waals surface area contributed by atoms with Crippen LogP contribution in [0.15, 0.2) is 23.3 Å². The molecule has 8 heteroatoms. The van der Waals surface area contributed by atoms with E-state index in [9.17, 15) is 9.59 Å². The molecule has 1 aromatic carbocycles. The number of benzene rings is 1. The Hall–Kier alpha value is -1.24. The second kappa shape index (κ2) is 6.47. The van der Waals surface area contributed by atoms with Gasteiger partial charge in [-0.1, -0.05) is 41.0 Å². The zero-order valence-corrected chi connectivity index (χ0v) is 12.8. The van der Waals surface area contributed by atoms with Crippen LogP contribution in [0.4, 0.5) is 4.79 Å². The molecule has 0 saturated heterocycles. The molecule has 0 saturated carbocycles. The topological polar surface area (TPSA) is 59.0 Å².